The van der Waals surface area contributed by atoms with E-state index in [1.165, 1.54) is 7.11 Å². The highest BCUT2D eigenvalue weighted by Gasteiger charge is 2.25. The molecule has 3 aromatic rings. The van der Waals surface area contributed by atoms with Gasteiger partial charge in [-0.25, -0.2) is 9.59 Å². The number of H-pyrrole nitrogens is 1. The molecule has 2 aliphatic heterocycles. The third kappa shape index (κ3) is 4.55. The summed E-state index contributed by atoms with van der Waals surface area (Å²) in [6, 6.07) is 10.6. The molecule has 0 amide bonds. The third-order valence-corrected chi connectivity index (χ3v) is 7.67. The predicted molar refractivity (Wildman–Crippen MR) is 140 cm³/mol. The van der Waals surface area contributed by atoms with Gasteiger partial charge < -0.3 is 24.1 Å². The monoisotopic (exact) mass is 493 g/mol. The Morgan fingerprint density at radius 3 is 2.42 bits per heavy atom. The number of rotatable bonds is 6. The zero-order valence-electron chi connectivity index (χ0n) is 21.3. The minimum absolute atomic E-state index is 0.0921. The molecule has 1 N–H and O–H groups in total. The van der Waals surface area contributed by atoms with Gasteiger partial charge in [-0.2, -0.15) is 0 Å². The first-order valence-electron chi connectivity index (χ1n) is 12.9. The van der Waals surface area contributed by atoms with E-state index >= 15 is 0 Å². The minimum Gasteiger partial charge on any atom is -0.465 e. The van der Waals surface area contributed by atoms with E-state index in [2.05, 4.69) is 22.9 Å². The van der Waals surface area contributed by atoms with Crippen LogP contribution in [0, 0.1) is 6.92 Å². The molecule has 0 aliphatic carbocycles. The number of nitrogens with one attached hydrogen (secondary N) is 1. The van der Waals surface area contributed by atoms with E-state index in [1.54, 1.807) is 0 Å². The average molecular weight is 494 g/mol. The predicted octanol–water partition coefficient (Wildman–Crippen LogP) is 4.45. The molecule has 192 valence electrons. The number of fused-ring (bicyclic) bond motifs is 1. The van der Waals surface area contributed by atoms with Gasteiger partial charge in [-0.05, 0) is 80.5 Å². The fourth-order valence-corrected chi connectivity index (χ4v) is 5.72. The maximum Gasteiger partial charge on any atom is 0.338 e. The maximum absolute atomic E-state index is 12.9. The summed E-state index contributed by atoms with van der Waals surface area (Å²) in [6.45, 7) is 7.81. The second kappa shape index (κ2) is 10.5. The summed E-state index contributed by atoms with van der Waals surface area (Å²) in [5.41, 5.74) is 5.97. The van der Waals surface area contributed by atoms with Crippen LogP contribution in [-0.2, 0) is 14.2 Å². The highest BCUT2D eigenvalue weighted by Crippen LogP contribution is 2.35. The van der Waals surface area contributed by atoms with Crippen LogP contribution in [0.4, 0.5) is 5.69 Å². The highest BCUT2D eigenvalue weighted by molar-refractivity contribution is 5.95. The lowest BCUT2D eigenvalue weighted by atomic mass is 9.95. The maximum atomic E-state index is 12.9. The molecule has 1 aromatic heterocycles. The lowest BCUT2D eigenvalue weighted by Crippen LogP contribution is -2.40. The van der Waals surface area contributed by atoms with Crippen molar-refractivity contribution in [1.29, 1.82) is 0 Å². The molecular formula is C28H35N3O5. The SMILES string of the molecule is CCN(c1cc(-c2ccc3c(c2)[nH]c(=O)n3C2CCOCC2)cc(C(=O)OC)c1C)C1CCOCC1. The molecule has 2 saturated heterocycles. The molecule has 2 fully saturated rings. The number of imidazole rings is 1. The second-order valence-electron chi connectivity index (χ2n) is 9.66. The molecule has 0 atom stereocenters. The molecule has 36 heavy (non-hydrogen) atoms. The van der Waals surface area contributed by atoms with Crippen molar-refractivity contribution in [2.75, 3.05) is 45.0 Å². The molecule has 0 unspecified atom stereocenters. The van der Waals surface area contributed by atoms with Crippen LogP contribution in [0.25, 0.3) is 22.2 Å². The van der Waals surface area contributed by atoms with Gasteiger partial charge in [0.25, 0.3) is 0 Å². The van der Waals surface area contributed by atoms with E-state index in [4.69, 9.17) is 14.2 Å². The number of carbonyl (C=O) groups excluding carboxylic acids is 1. The van der Waals surface area contributed by atoms with Crippen molar-refractivity contribution < 1.29 is 19.0 Å². The molecular weight excluding hydrogens is 458 g/mol. The number of anilines is 1. The molecule has 2 aliphatic rings. The van der Waals surface area contributed by atoms with E-state index in [1.807, 2.05) is 35.8 Å². The molecule has 0 saturated carbocycles. The Labute approximate surface area is 211 Å². The molecule has 8 nitrogen and oxygen atoms in total. The standard InChI is InChI=1S/C28H35N3O5/c1-4-30(21-7-11-35-12-8-21)26-17-20(15-23(18(26)2)27(32)34-3)19-5-6-25-24(16-19)29-28(33)31(25)22-9-13-36-14-10-22/h5-6,15-17,21-22H,4,7-14H2,1-3H3,(H,29,33). The third-order valence-electron chi connectivity index (χ3n) is 7.67. The van der Waals surface area contributed by atoms with Gasteiger partial charge in [0.15, 0.2) is 0 Å². The first kappa shape index (κ1) is 24.6. The number of aromatic amines is 1. The first-order valence-corrected chi connectivity index (χ1v) is 12.9. The summed E-state index contributed by atoms with van der Waals surface area (Å²) in [5, 5.41) is 0. The first-order chi connectivity index (χ1) is 17.5. The van der Waals surface area contributed by atoms with E-state index in [-0.39, 0.29) is 17.7 Å². The molecule has 0 bridgehead atoms. The van der Waals surface area contributed by atoms with Crippen molar-refractivity contribution in [3.05, 3.63) is 51.9 Å². The number of carbonyl (C=O) groups is 1. The van der Waals surface area contributed by atoms with Gasteiger partial charge in [-0.1, -0.05) is 6.07 Å². The highest BCUT2D eigenvalue weighted by atomic mass is 16.5. The van der Waals surface area contributed by atoms with Crippen LogP contribution in [-0.4, -0.2) is 61.6 Å². The van der Waals surface area contributed by atoms with Gasteiger partial charge in [0, 0.05) is 50.7 Å². The topological polar surface area (TPSA) is 85.8 Å². The van der Waals surface area contributed by atoms with Crippen molar-refractivity contribution in [1.82, 2.24) is 9.55 Å². The fraction of sp³-hybridized carbons (Fsp3) is 0.500. The number of ether oxygens (including phenoxy) is 3. The molecule has 0 spiro atoms. The Kier molecular flexibility index (Phi) is 7.16. The van der Waals surface area contributed by atoms with Gasteiger partial charge in [0.2, 0.25) is 0 Å². The van der Waals surface area contributed by atoms with Crippen molar-refractivity contribution in [2.45, 2.75) is 51.6 Å². The molecule has 3 heterocycles. The molecule has 8 heteroatoms. The van der Waals surface area contributed by atoms with Gasteiger partial charge in [-0.15, -0.1) is 0 Å². The van der Waals surface area contributed by atoms with Crippen LogP contribution < -0.4 is 10.6 Å². The summed E-state index contributed by atoms with van der Waals surface area (Å²) >= 11 is 0. The number of hydrogen-bond acceptors (Lipinski definition) is 6. The van der Waals surface area contributed by atoms with E-state index in [9.17, 15) is 9.59 Å². The van der Waals surface area contributed by atoms with Crippen LogP contribution in [0.5, 0.6) is 0 Å². The Bertz CT molecular complexity index is 1300. The van der Waals surface area contributed by atoms with Crippen LogP contribution in [0.1, 0.15) is 54.6 Å². The van der Waals surface area contributed by atoms with Gasteiger partial charge in [0.1, 0.15) is 0 Å². The summed E-state index contributed by atoms with van der Waals surface area (Å²) in [4.78, 5) is 31.1. The summed E-state index contributed by atoms with van der Waals surface area (Å²) in [5.74, 6) is -0.348. The number of esters is 1. The Morgan fingerprint density at radius 2 is 1.75 bits per heavy atom. The minimum atomic E-state index is -0.348. The van der Waals surface area contributed by atoms with Crippen LogP contribution in [0.3, 0.4) is 0 Å². The van der Waals surface area contributed by atoms with Crippen LogP contribution in [0.2, 0.25) is 0 Å². The van der Waals surface area contributed by atoms with Crippen LogP contribution in [0.15, 0.2) is 35.1 Å². The number of aromatic nitrogens is 2. The van der Waals surface area contributed by atoms with Gasteiger partial charge in [-0.3, -0.25) is 4.57 Å². The normalized spacial score (nSPS) is 17.4. The largest absolute Gasteiger partial charge is 0.465 e. The van der Waals surface area contributed by atoms with Crippen molar-refractivity contribution in [2.24, 2.45) is 0 Å². The van der Waals surface area contributed by atoms with Crippen molar-refractivity contribution in [3.63, 3.8) is 0 Å². The lowest BCUT2D eigenvalue weighted by Gasteiger charge is -2.37. The van der Waals surface area contributed by atoms with Gasteiger partial charge >= 0.3 is 11.7 Å². The van der Waals surface area contributed by atoms with Crippen molar-refractivity contribution >= 4 is 22.7 Å². The average Bonchev–Trinajstić information content (AvgIpc) is 3.25. The van der Waals surface area contributed by atoms with Crippen molar-refractivity contribution in [3.8, 4) is 11.1 Å². The zero-order valence-corrected chi connectivity index (χ0v) is 21.3. The second-order valence-corrected chi connectivity index (χ2v) is 9.66. The van der Waals surface area contributed by atoms with Crippen LogP contribution >= 0.6 is 0 Å². The summed E-state index contributed by atoms with van der Waals surface area (Å²) < 4.78 is 18.1. The quantitative estimate of drug-likeness (QED) is 0.511. The zero-order chi connectivity index (χ0) is 25.2. The number of nitrogens with zero attached hydrogens (tertiary/aromatic N) is 2. The molecule has 0 radical (unpaired) electrons. The van der Waals surface area contributed by atoms with E-state index < -0.39 is 0 Å². The lowest BCUT2D eigenvalue weighted by molar-refractivity contribution is 0.0599. The fourth-order valence-electron chi connectivity index (χ4n) is 5.72. The smallest absolute Gasteiger partial charge is 0.338 e. The number of benzene rings is 2. The summed E-state index contributed by atoms with van der Waals surface area (Å²) in [6.07, 6.45) is 3.57. The molecule has 5 rings (SSSR count). The molecule has 2 aromatic carbocycles. The summed E-state index contributed by atoms with van der Waals surface area (Å²) in [7, 11) is 1.42. The van der Waals surface area contributed by atoms with E-state index in [0.717, 1.165) is 78.9 Å². The Hall–Kier alpha value is -3.10. The van der Waals surface area contributed by atoms with E-state index in [0.29, 0.717) is 24.8 Å². The Balaban J connectivity index is 1.60. The number of hydrogen-bond donors (Lipinski definition) is 1. The van der Waals surface area contributed by atoms with Gasteiger partial charge in [0.05, 0.1) is 23.7 Å². The number of methoxy groups -OCH3 is 1. The Morgan fingerprint density at radius 1 is 1.06 bits per heavy atom.